The second-order valence-electron chi connectivity index (χ2n) is 4.78. The van der Waals surface area contributed by atoms with Gasteiger partial charge in [-0.05, 0) is 29.3 Å². The van der Waals surface area contributed by atoms with Crippen LogP contribution in [0.25, 0.3) is 0 Å². The monoisotopic (exact) mass is 299 g/mol. The summed E-state index contributed by atoms with van der Waals surface area (Å²) in [6.45, 7) is 0.973. The van der Waals surface area contributed by atoms with Crippen molar-refractivity contribution in [1.82, 2.24) is 0 Å². The molecular formula is C17H21N3O2. The van der Waals surface area contributed by atoms with Crippen molar-refractivity contribution >= 4 is 5.84 Å². The fraction of sp³-hybridized carbons (Fsp3) is 0.235. The Morgan fingerprint density at radius 3 is 2.32 bits per heavy atom. The van der Waals surface area contributed by atoms with Gasteiger partial charge in [-0.25, -0.2) is 0 Å². The Labute approximate surface area is 130 Å². The normalized spacial score (nSPS) is 11.3. The lowest BCUT2D eigenvalue weighted by atomic mass is 10.1. The molecule has 0 saturated heterocycles. The van der Waals surface area contributed by atoms with Crippen molar-refractivity contribution < 1.29 is 9.47 Å². The number of rotatable bonds is 6. The lowest BCUT2D eigenvalue weighted by molar-refractivity contribution is 0.284. The summed E-state index contributed by atoms with van der Waals surface area (Å²) in [6.07, 6.45) is 0. The minimum Gasteiger partial charge on any atom is -0.493 e. The molecule has 0 fully saturated rings. The molecule has 0 atom stereocenters. The van der Waals surface area contributed by atoms with Gasteiger partial charge in [0.1, 0.15) is 12.4 Å². The van der Waals surface area contributed by atoms with E-state index in [1.54, 1.807) is 14.2 Å². The van der Waals surface area contributed by atoms with E-state index in [0.717, 1.165) is 16.7 Å². The molecule has 2 aromatic carbocycles. The highest BCUT2D eigenvalue weighted by Gasteiger charge is 2.08. The van der Waals surface area contributed by atoms with Gasteiger partial charge < -0.3 is 20.9 Å². The van der Waals surface area contributed by atoms with Crippen molar-refractivity contribution in [1.29, 1.82) is 0 Å². The molecule has 0 aromatic heterocycles. The standard InChI is InChI=1S/C17H21N3O2/c1-20-17(19)14-7-8-15(21-2)16(9-14)22-11-13-5-3-12(10-18)4-6-13/h3-9H,10-11,18H2,1-2H3,(H2,19,20). The van der Waals surface area contributed by atoms with Crippen LogP contribution in [0.2, 0.25) is 0 Å². The molecule has 0 unspecified atom stereocenters. The summed E-state index contributed by atoms with van der Waals surface area (Å²) in [5, 5.41) is 0. The van der Waals surface area contributed by atoms with Crippen LogP contribution in [0.15, 0.2) is 47.5 Å². The van der Waals surface area contributed by atoms with Crippen LogP contribution in [0, 0.1) is 0 Å². The average molecular weight is 299 g/mol. The maximum atomic E-state index is 5.86. The van der Waals surface area contributed by atoms with Gasteiger partial charge in [-0.3, -0.25) is 4.99 Å². The molecule has 2 aromatic rings. The quantitative estimate of drug-likeness (QED) is 0.632. The number of hydrogen-bond acceptors (Lipinski definition) is 4. The lowest BCUT2D eigenvalue weighted by Gasteiger charge is -2.12. The molecule has 116 valence electrons. The number of nitrogens with zero attached hydrogens (tertiary/aromatic N) is 1. The van der Waals surface area contributed by atoms with E-state index in [2.05, 4.69) is 4.99 Å². The highest BCUT2D eigenvalue weighted by molar-refractivity contribution is 5.97. The van der Waals surface area contributed by atoms with Gasteiger partial charge in [0.2, 0.25) is 0 Å². The van der Waals surface area contributed by atoms with E-state index in [0.29, 0.717) is 30.5 Å². The highest BCUT2D eigenvalue weighted by atomic mass is 16.5. The molecule has 0 aliphatic carbocycles. The van der Waals surface area contributed by atoms with E-state index >= 15 is 0 Å². The highest BCUT2D eigenvalue weighted by Crippen LogP contribution is 2.28. The number of methoxy groups -OCH3 is 1. The largest absolute Gasteiger partial charge is 0.493 e. The average Bonchev–Trinajstić information content (AvgIpc) is 2.59. The molecular weight excluding hydrogens is 278 g/mol. The molecule has 22 heavy (non-hydrogen) atoms. The van der Waals surface area contributed by atoms with Crippen LogP contribution in [-0.4, -0.2) is 20.0 Å². The van der Waals surface area contributed by atoms with Crippen molar-refractivity contribution in [2.75, 3.05) is 14.2 Å². The fourth-order valence-electron chi connectivity index (χ4n) is 2.01. The van der Waals surface area contributed by atoms with Crippen molar-refractivity contribution in [2.45, 2.75) is 13.2 Å². The van der Waals surface area contributed by atoms with Crippen molar-refractivity contribution in [3.05, 3.63) is 59.2 Å². The number of ether oxygens (including phenoxy) is 2. The maximum Gasteiger partial charge on any atom is 0.162 e. The number of nitrogens with two attached hydrogens (primary N) is 2. The third-order valence-corrected chi connectivity index (χ3v) is 3.35. The van der Waals surface area contributed by atoms with Gasteiger partial charge in [-0.2, -0.15) is 0 Å². The van der Waals surface area contributed by atoms with E-state index in [4.69, 9.17) is 20.9 Å². The minimum atomic E-state index is 0.438. The van der Waals surface area contributed by atoms with Crippen molar-refractivity contribution in [2.24, 2.45) is 16.5 Å². The molecule has 4 N–H and O–H groups in total. The summed E-state index contributed by atoms with van der Waals surface area (Å²) in [5.41, 5.74) is 14.4. The molecule has 0 bridgehead atoms. The SMILES string of the molecule is CN=C(N)c1ccc(OC)c(OCc2ccc(CN)cc2)c1. The maximum absolute atomic E-state index is 5.86. The summed E-state index contributed by atoms with van der Waals surface area (Å²) in [7, 11) is 3.26. The van der Waals surface area contributed by atoms with Gasteiger partial charge in [-0.15, -0.1) is 0 Å². The fourth-order valence-corrected chi connectivity index (χ4v) is 2.01. The molecule has 5 nitrogen and oxygen atoms in total. The van der Waals surface area contributed by atoms with Gasteiger partial charge in [0.15, 0.2) is 11.5 Å². The third-order valence-electron chi connectivity index (χ3n) is 3.35. The van der Waals surface area contributed by atoms with Crippen molar-refractivity contribution in [3.63, 3.8) is 0 Å². The summed E-state index contributed by atoms with van der Waals surface area (Å²) in [5.74, 6) is 1.75. The van der Waals surface area contributed by atoms with Crippen LogP contribution >= 0.6 is 0 Å². The summed E-state index contributed by atoms with van der Waals surface area (Å²) < 4.78 is 11.2. The van der Waals surface area contributed by atoms with Crippen LogP contribution < -0.4 is 20.9 Å². The summed E-state index contributed by atoms with van der Waals surface area (Å²) >= 11 is 0. The summed E-state index contributed by atoms with van der Waals surface area (Å²) in [6, 6.07) is 13.5. The van der Waals surface area contributed by atoms with Gasteiger partial charge >= 0.3 is 0 Å². The Bertz CT molecular complexity index is 651. The first-order valence-electron chi connectivity index (χ1n) is 6.99. The van der Waals surface area contributed by atoms with E-state index in [-0.39, 0.29) is 0 Å². The molecule has 2 rings (SSSR count). The van der Waals surface area contributed by atoms with E-state index < -0.39 is 0 Å². The molecule has 0 heterocycles. The van der Waals surface area contributed by atoms with Crippen molar-refractivity contribution in [3.8, 4) is 11.5 Å². The molecule has 0 amide bonds. The van der Waals surface area contributed by atoms with Crippen LogP contribution in [0.3, 0.4) is 0 Å². The van der Waals surface area contributed by atoms with Gasteiger partial charge in [-0.1, -0.05) is 24.3 Å². The zero-order valence-corrected chi connectivity index (χ0v) is 12.9. The van der Waals surface area contributed by atoms with E-state index in [1.165, 1.54) is 0 Å². The number of hydrogen-bond donors (Lipinski definition) is 2. The van der Waals surface area contributed by atoms with Crippen LogP contribution in [0.4, 0.5) is 0 Å². The number of benzene rings is 2. The second-order valence-corrected chi connectivity index (χ2v) is 4.78. The molecule has 0 aliphatic rings. The Morgan fingerprint density at radius 2 is 1.73 bits per heavy atom. The molecule has 0 spiro atoms. The lowest BCUT2D eigenvalue weighted by Crippen LogP contribution is -2.13. The zero-order chi connectivity index (χ0) is 15.9. The van der Waals surface area contributed by atoms with E-state index in [9.17, 15) is 0 Å². The van der Waals surface area contributed by atoms with Crippen LogP contribution in [-0.2, 0) is 13.2 Å². The smallest absolute Gasteiger partial charge is 0.162 e. The minimum absolute atomic E-state index is 0.438. The first-order valence-corrected chi connectivity index (χ1v) is 6.99. The Hall–Kier alpha value is -2.53. The predicted molar refractivity (Wildman–Crippen MR) is 88.3 cm³/mol. The van der Waals surface area contributed by atoms with Crippen LogP contribution in [0.1, 0.15) is 16.7 Å². The first kappa shape index (κ1) is 15.9. The Morgan fingerprint density at radius 1 is 1.05 bits per heavy atom. The van der Waals surface area contributed by atoms with Crippen LogP contribution in [0.5, 0.6) is 11.5 Å². The second kappa shape index (κ2) is 7.47. The first-order chi connectivity index (χ1) is 10.7. The Balaban J connectivity index is 2.16. The molecule has 5 heteroatoms. The van der Waals surface area contributed by atoms with Gasteiger partial charge in [0.05, 0.1) is 7.11 Å². The summed E-state index contributed by atoms with van der Waals surface area (Å²) in [4.78, 5) is 3.98. The predicted octanol–water partition coefficient (Wildman–Crippen LogP) is 2.07. The molecule has 0 saturated carbocycles. The zero-order valence-electron chi connectivity index (χ0n) is 12.9. The third kappa shape index (κ3) is 3.77. The van der Waals surface area contributed by atoms with Gasteiger partial charge in [0, 0.05) is 19.2 Å². The molecule has 0 radical (unpaired) electrons. The number of aliphatic imine (C=N–C) groups is 1. The molecule has 0 aliphatic heterocycles. The van der Waals surface area contributed by atoms with Gasteiger partial charge in [0.25, 0.3) is 0 Å². The Kier molecular flexibility index (Phi) is 5.38. The topological polar surface area (TPSA) is 82.9 Å². The van der Waals surface area contributed by atoms with E-state index in [1.807, 2.05) is 42.5 Å². The number of amidine groups is 1.